The summed E-state index contributed by atoms with van der Waals surface area (Å²) in [6, 6.07) is 5.27. The van der Waals surface area contributed by atoms with Crippen LogP contribution >= 0.6 is 11.6 Å². The molecular weight excluding hydrogens is 274 g/mol. The van der Waals surface area contributed by atoms with Crippen LogP contribution in [0, 0.1) is 5.92 Å². The molecule has 0 aliphatic carbocycles. The van der Waals surface area contributed by atoms with Gasteiger partial charge in [0.1, 0.15) is 0 Å². The van der Waals surface area contributed by atoms with Gasteiger partial charge in [-0.15, -0.1) is 0 Å². The van der Waals surface area contributed by atoms with Gasteiger partial charge in [0.15, 0.2) is 0 Å². The van der Waals surface area contributed by atoms with Crippen LogP contribution in [0.25, 0.3) is 0 Å². The largest absolute Gasteiger partial charge is 0.366 e. The van der Waals surface area contributed by atoms with Crippen molar-refractivity contribution in [1.82, 2.24) is 10.2 Å². The molecule has 1 aromatic rings. The molecular formula is C15H22ClN3O. The zero-order valence-corrected chi connectivity index (χ0v) is 12.6. The van der Waals surface area contributed by atoms with Gasteiger partial charge in [0.05, 0.1) is 0 Å². The van der Waals surface area contributed by atoms with Crippen LogP contribution in [0.2, 0.25) is 5.02 Å². The molecule has 1 atom stereocenters. The highest BCUT2D eigenvalue weighted by molar-refractivity contribution is 6.31. The van der Waals surface area contributed by atoms with E-state index in [1.807, 2.05) is 6.07 Å². The number of rotatable bonds is 5. The highest BCUT2D eigenvalue weighted by Gasteiger charge is 2.16. The molecule has 2 rings (SSSR count). The van der Waals surface area contributed by atoms with Gasteiger partial charge in [0.2, 0.25) is 5.91 Å². The molecule has 0 aromatic heterocycles. The number of nitrogens with zero attached hydrogens (tertiary/aromatic N) is 1. The molecule has 1 aliphatic heterocycles. The lowest BCUT2D eigenvalue weighted by Crippen LogP contribution is -2.36. The highest BCUT2D eigenvalue weighted by atomic mass is 35.5. The van der Waals surface area contributed by atoms with Crippen molar-refractivity contribution in [3.63, 3.8) is 0 Å². The second-order valence-corrected chi connectivity index (χ2v) is 5.99. The summed E-state index contributed by atoms with van der Waals surface area (Å²) in [5.41, 5.74) is 6.73. The fraction of sp³-hybridized carbons (Fsp3) is 0.533. The van der Waals surface area contributed by atoms with Crippen LogP contribution in [-0.2, 0) is 6.54 Å². The summed E-state index contributed by atoms with van der Waals surface area (Å²) in [6.07, 6.45) is 2.54. The maximum absolute atomic E-state index is 11.1. The molecule has 20 heavy (non-hydrogen) atoms. The van der Waals surface area contributed by atoms with Gasteiger partial charge in [-0.25, -0.2) is 0 Å². The van der Waals surface area contributed by atoms with Crippen LogP contribution in [0.4, 0.5) is 0 Å². The molecule has 1 amide bonds. The minimum absolute atomic E-state index is 0.444. The number of nitrogens with one attached hydrogen (secondary N) is 1. The Hall–Kier alpha value is -1.10. The van der Waals surface area contributed by atoms with Crippen molar-refractivity contribution in [2.75, 3.05) is 26.7 Å². The molecule has 1 saturated heterocycles. The molecule has 1 fully saturated rings. The average molecular weight is 296 g/mol. The van der Waals surface area contributed by atoms with E-state index >= 15 is 0 Å². The van der Waals surface area contributed by atoms with Crippen molar-refractivity contribution in [3.05, 3.63) is 34.3 Å². The van der Waals surface area contributed by atoms with E-state index in [9.17, 15) is 4.79 Å². The smallest absolute Gasteiger partial charge is 0.248 e. The first-order valence-corrected chi connectivity index (χ1v) is 7.41. The van der Waals surface area contributed by atoms with E-state index in [1.54, 1.807) is 12.1 Å². The van der Waals surface area contributed by atoms with Crippen molar-refractivity contribution < 1.29 is 4.79 Å². The Kier molecular flexibility index (Phi) is 5.40. The Morgan fingerprint density at radius 3 is 2.95 bits per heavy atom. The fourth-order valence-electron chi connectivity index (χ4n) is 2.70. The number of hydrogen-bond donors (Lipinski definition) is 2. The number of primary amides is 1. The van der Waals surface area contributed by atoms with Crippen molar-refractivity contribution in [2.45, 2.75) is 19.4 Å². The molecule has 0 radical (unpaired) electrons. The van der Waals surface area contributed by atoms with Crippen molar-refractivity contribution in [3.8, 4) is 0 Å². The van der Waals surface area contributed by atoms with Gasteiger partial charge in [-0.05, 0) is 56.6 Å². The maximum atomic E-state index is 11.1. The summed E-state index contributed by atoms with van der Waals surface area (Å²) >= 11 is 6.21. The topological polar surface area (TPSA) is 58.4 Å². The Morgan fingerprint density at radius 2 is 2.35 bits per heavy atom. The molecule has 1 unspecified atom stereocenters. The third kappa shape index (κ3) is 4.20. The first-order chi connectivity index (χ1) is 9.56. The first kappa shape index (κ1) is 15.3. The van der Waals surface area contributed by atoms with Crippen molar-refractivity contribution >= 4 is 17.5 Å². The van der Waals surface area contributed by atoms with Gasteiger partial charge in [0, 0.05) is 23.7 Å². The molecule has 0 saturated carbocycles. The first-order valence-electron chi connectivity index (χ1n) is 7.03. The number of carbonyl (C=O) groups excluding carboxylic acids is 1. The molecule has 4 nitrogen and oxygen atoms in total. The number of piperidine rings is 1. The molecule has 0 bridgehead atoms. The van der Waals surface area contributed by atoms with E-state index in [0.717, 1.165) is 31.7 Å². The van der Waals surface area contributed by atoms with Gasteiger partial charge >= 0.3 is 0 Å². The van der Waals surface area contributed by atoms with E-state index in [1.165, 1.54) is 12.8 Å². The Labute approximate surface area is 125 Å². The summed E-state index contributed by atoms with van der Waals surface area (Å²) in [5.74, 6) is 0.262. The highest BCUT2D eigenvalue weighted by Crippen LogP contribution is 2.20. The molecule has 1 heterocycles. The minimum atomic E-state index is -0.444. The Morgan fingerprint density at radius 1 is 1.55 bits per heavy atom. The number of benzene rings is 1. The second kappa shape index (κ2) is 7.07. The summed E-state index contributed by atoms with van der Waals surface area (Å²) in [5, 5.41) is 4.04. The van der Waals surface area contributed by atoms with Crippen LogP contribution in [0.1, 0.15) is 28.8 Å². The van der Waals surface area contributed by atoms with Crippen LogP contribution < -0.4 is 11.1 Å². The molecule has 1 aromatic carbocycles. The molecule has 0 spiro atoms. The van der Waals surface area contributed by atoms with Crippen molar-refractivity contribution in [1.29, 1.82) is 0 Å². The summed E-state index contributed by atoms with van der Waals surface area (Å²) in [4.78, 5) is 13.4. The lowest BCUT2D eigenvalue weighted by atomic mass is 9.99. The molecule has 110 valence electrons. The number of nitrogens with two attached hydrogens (primary N) is 1. The lowest BCUT2D eigenvalue weighted by molar-refractivity contribution is 0.100. The Bertz CT molecular complexity index is 472. The van der Waals surface area contributed by atoms with Gasteiger partial charge in [-0.3, -0.25) is 4.79 Å². The monoisotopic (exact) mass is 295 g/mol. The molecule has 1 aliphatic rings. The van der Waals surface area contributed by atoms with Crippen LogP contribution in [0.5, 0.6) is 0 Å². The number of carbonyl (C=O) groups is 1. The Balaban J connectivity index is 1.93. The summed E-state index contributed by atoms with van der Waals surface area (Å²) in [7, 11) is 2.10. The van der Waals surface area contributed by atoms with E-state index < -0.39 is 5.91 Å². The quantitative estimate of drug-likeness (QED) is 0.872. The predicted molar refractivity (Wildman–Crippen MR) is 81.9 cm³/mol. The van der Waals surface area contributed by atoms with Gasteiger partial charge in [-0.2, -0.15) is 0 Å². The second-order valence-electron chi connectivity index (χ2n) is 5.58. The minimum Gasteiger partial charge on any atom is -0.366 e. The fourth-order valence-corrected chi connectivity index (χ4v) is 2.95. The molecule has 5 heteroatoms. The van der Waals surface area contributed by atoms with Crippen LogP contribution in [0.15, 0.2) is 18.2 Å². The standard InChI is InChI=1S/C15H22ClN3O/c1-19(9-11-3-2-6-18-8-11)10-13-5-4-12(15(17)20)7-14(13)16/h4-5,7,11,18H,2-3,6,8-10H2,1H3,(H2,17,20). The van der Waals surface area contributed by atoms with E-state index in [2.05, 4.69) is 17.3 Å². The predicted octanol–water partition coefficient (Wildman–Crippen LogP) is 1.87. The lowest BCUT2D eigenvalue weighted by Gasteiger charge is -2.27. The number of amides is 1. The van der Waals surface area contributed by atoms with E-state index in [4.69, 9.17) is 17.3 Å². The van der Waals surface area contributed by atoms with Gasteiger partial charge in [-0.1, -0.05) is 17.7 Å². The van der Waals surface area contributed by atoms with Gasteiger partial charge in [0.25, 0.3) is 0 Å². The van der Waals surface area contributed by atoms with E-state index in [0.29, 0.717) is 16.5 Å². The average Bonchev–Trinajstić information content (AvgIpc) is 2.42. The summed E-state index contributed by atoms with van der Waals surface area (Å²) in [6.45, 7) is 4.08. The summed E-state index contributed by atoms with van der Waals surface area (Å²) < 4.78 is 0. The molecule has 3 N–H and O–H groups in total. The number of halogens is 1. The zero-order chi connectivity index (χ0) is 14.5. The third-order valence-corrected chi connectivity index (χ3v) is 4.10. The maximum Gasteiger partial charge on any atom is 0.248 e. The van der Waals surface area contributed by atoms with E-state index in [-0.39, 0.29) is 0 Å². The zero-order valence-electron chi connectivity index (χ0n) is 11.9. The van der Waals surface area contributed by atoms with Crippen LogP contribution in [-0.4, -0.2) is 37.5 Å². The third-order valence-electron chi connectivity index (χ3n) is 3.75. The van der Waals surface area contributed by atoms with Crippen LogP contribution in [0.3, 0.4) is 0 Å². The number of hydrogen-bond acceptors (Lipinski definition) is 3. The van der Waals surface area contributed by atoms with Crippen molar-refractivity contribution in [2.24, 2.45) is 11.7 Å². The van der Waals surface area contributed by atoms with Gasteiger partial charge < -0.3 is 16.0 Å². The SMILES string of the molecule is CN(Cc1ccc(C(N)=O)cc1Cl)CC1CCCNC1. The normalized spacial score (nSPS) is 19.2.